The normalized spacial score (nSPS) is 13.8. The van der Waals surface area contributed by atoms with Crippen LogP contribution >= 0.6 is 37.2 Å². The molecule has 0 spiro atoms. The molecule has 0 radical (unpaired) electrons. The zero-order valence-electron chi connectivity index (χ0n) is 14.4. The minimum absolute atomic E-state index is 0. The minimum Gasteiger partial charge on any atom is -0.399 e. The number of rotatable bonds is 4. The number of halogens is 3. The lowest BCUT2D eigenvalue weighted by Gasteiger charge is -2.34. The lowest BCUT2D eigenvalue weighted by atomic mass is 10.1. The lowest BCUT2D eigenvalue weighted by Crippen LogP contribution is -2.48. The fourth-order valence-corrected chi connectivity index (χ4v) is 2.80. The number of nitrogen functional groups attached to an aromatic ring is 1. The van der Waals surface area contributed by atoms with Crippen molar-refractivity contribution in [1.29, 1.82) is 0 Å². The summed E-state index contributed by atoms with van der Waals surface area (Å²) in [5.41, 5.74) is 8.49. The number of pyridine rings is 1. The highest BCUT2D eigenvalue weighted by atomic mass is 35.5. The summed E-state index contributed by atoms with van der Waals surface area (Å²) in [7, 11) is 0. The van der Waals surface area contributed by atoms with Crippen molar-refractivity contribution in [3.63, 3.8) is 0 Å². The van der Waals surface area contributed by atoms with E-state index in [-0.39, 0.29) is 43.1 Å². The number of nitrogens with zero attached hydrogens (tertiary/aromatic N) is 3. The first-order valence-corrected chi connectivity index (χ1v) is 7.95. The Labute approximate surface area is 173 Å². The molecule has 0 aliphatic carbocycles. The van der Waals surface area contributed by atoms with Gasteiger partial charge in [0, 0.05) is 44.6 Å². The lowest BCUT2D eigenvalue weighted by molar-refractivity contribution is -0.132. The number of hydrogen-bond donors (Lipinski definition) is 1. The maximum atomic E-state index is 12.4. The summed E-state index contributed by atoms with van der Waals surface area (Å²) < 4.78 is 0. The number of hydrogen-bond acceptors (Lipinski definition) is 4. The van der Waals surface area contributed by atoms with E-state index in [0.29, 0.717) is 6.42 Å². The largest absolute Gasteiger partial charge is 0.399 e. The van der Waals surface area contributed by atoms with E-state index in [1.807, 2.05) is 53.6 Å². The van der Waals surface area contributed by atoms with Gasteiger partial charge in [-0.3, -0.25) is 14.7 Å². The smallest absolute Gasteiger partial charge is 0.227 e. The van der Waals surface area contributed by atoms with Crippen LogP contribution in [0.2, 0.25) is 0 Å². The van der Waals surface area contributed by atoms with E-state index in [0.717, 1.165) is 49.7 Å². The average molecular weight is 420 g/mol. The van der Waals surface area contributed by atoms with Gasteiger partial charge in [-0.25, -0.2) is 0 Å². The molecule has 1 amide bonds. The Morgan fingerprint density at radius 1 is 0.962 bits per heavy atom. The van der Waals surface area contributed by atoms with Crippen LogP contribution in [0.5, 0.6) is 0 Å². The summed E-state index contributed by atoms with van der Waals surface area (Å²) in [5.74, 6) is 0.187. The molecule has 1 aliphatic heterocycles. The molecule has 8 heteroatoms. The van der Waals surface area contributed by atoms with Crippen molar-refractivity contribution in [3.8, 4) is 0 Å². The van der Waals surface area contributed by atoms with Gasteiger partial charge in [-0.05, 0) is 29.8 Å². The number of anilines is 1. The number of benzene rings is 1. The highest BCUT2D eigenvalue weighted by Crippen LogP contribution is 2.11. The fraction of sp³-hybridized carbons (Fsp3) is 0.333. The van der Waals surface area contributed by atoms with E-state index in [9.17, 15) is 4.79 Å². The Bertz CT molecular complexity index is 647. The average Bonchev–Trinajstić information content (AvgIpc) is 2.58. The molecule has 1 fully saturated rings. The summed E-state index contributed by atoms with van der Waals surface area (Å²) in [4.78, 5) is 21.0. The van der Waals surface area contributed by atoms with Crippen LogP contribution in [-0.2, 0) is 17.8 Å². The molecule has 1 aromatic carbocycles. The van der Waals surface area contributed by atoms with Crippen LogP contribution in [0.4, 0.5) is 5.69 Å². The first-order valence-electron chi connectivity index (χ1n) is 7.95. The predicted octanol–water partition coefficient (Wildman–Crippen LogP) is 2.82. The number of carbonyl (C=O) groups is 1. The molecular formula is C18H25Cl3N4O. The van der Waals surface area contributed by atoms with Crippen molar-refractivity contribution < 1.29 is 4.79 Å². The maximum Gasteiger partial charge on any atom is 0.227 e. The van der Waals surface area contributed by atoms with Crippen molar-refractivity contribution in [2.75, 3.05) is 31.9 Å². The second-order valence-corrected chi connectivity index (χ2v) is 5.90. The zero-order valence-corrected chi connectivity index (χ0v) is 16.9. The van der Waals surface area contributed by atoms with Crippen LogP contribution < -0.4 is 5.73 Å². The number of piperazine rings is 1. The quantitative estimate of drug-likeness (QED) is 0.774. The monoisotopic (exact) mass is 418 g/mol. The SMILES string of the molecule is Cl.Cl.Cl.Nc1ccc(CC(=O)N2CCN(Cc3ccccn3)CC2)cc1. The molecule has 0 atom stereocenters. The van der Waals surface area contributed by atoms with E-state index in [1.54, 1.807) is 0 Å². The molecule has 2 N–H and O–H groups in total. The van der Waals surface area contributed by atoms with Gasteiger partial charge in [0.1, 0.15) is 0 Å². The molecular weight excluding hydrogens is 395 g/mol. The molecule has 1 saturated heterocycles. The number of carbonyl (C=O) groups excluding carboxylic acids is 1. The Hall–Kier alpha value is -1.53. The van der Waals surface area contributed by atoms with Gasteiger partial charge in [0.2, 0.25) is 5.91 Å². The summed E-state index contributed by atoms with van der Waals surface area (Å²) in [5, 5.41) is 0. The highest BCUT2D eigenvalue weighted by molar-refractivity contribution is 5.86. The number of amides is 1. The minimum atomic E-state index is 0. The van der Waals surface area contributed by atoms with Crippen LogP contribution in [0.1, 0.15) is 11.3 Å². The standard InChI is InChI=1S/C18H22N4O.3ClH/c19-16-6-4-15(5-7-16)13-18(23)22-11-9-21(10-12-22)14-17-3-1-2-8-20-17;;;/h1-8H,9-14,19H2;3*1H. The predicted molar refractivity (Wildman–Crippen MR) is 112 cm³/mol. The van der Waals surface area contributed by atoms with Crippen molar-refractivity contribution in [2.24, 2.45) is 0 Å². The van der Waals surface area contributed by atoms with Gasteiger partial charge in [0.15, 0.2) is 0 Å². The topological polar surface area (TPSA) is 62.5 Å². The third kappa shape index (κ3) is 7.00. The molecule has 0 saturated carbocycles. The van der Waals surface area contributed by atoms with Crippen LogP contribution in [0.25, 0.3) is 0 Å². The second-order valence-electron chi connectivity index (χ2n) is 5.90. The summed E-state index contributed by atoms with van der Waals surface area (Å²) in [6, 6.07) is 13.5. The molecule has 2 heterocycles. The second kappa shape index (κ2) is 12.0. The number of aromatic nitrogens is 1. The molecule has 3 rings (SSSR count). The van der Waals surface area contributed by atoms with Crippen molar-refractivity contribution >= 4 is 48.8 Å². The van der Waals surface area contributed by atoms with Gasteiger partial charge in [0.25, 0.3) is 0 Å². The summed E-state index contributed by atoms with van der Waals surface area (Å²) >= 11 is 0. The molecule has 1 aliphatic rings. The van der Waals surface area contributed by atoms with Crippen LogP contribution in [0.3, 0.4) is 0 Å². The molecule has 5 nitrogen and oxygen atoms in total. The zero-order chi connectivity index (χ0) is 16.1. The maximum absolute atomic E-state index is 12.4. The van der Waals surface area contributed by atoms with E-state index in [1.165, 1.54) is 0 Å². The molecule has 26 heavy (non-hydrogen) atoms. The Balaban J connectivity index is 0.00000208. The van der Waals surface area contributed by atoms with E-state index in [4.69, 9.17) is 5.73 Å². The number of nitrogens with two attached hydrogens (primary N) is 1. The van der Waals surface area contributed by atoms with E-state index in [2.05, 4.69) is 9.88 Å². The Morgan fingerprint density at radius 2 is 1.62 bits per heavy atom. The Morgan fingerprint density at radius 3 is 2.19 bits per heavy atom. The fourth-order valence-electron chi connectivity index (χ4n) is 2.80. The first-order chi connectivity index (χ1) is 11.2. The molecule has 0 unspecified atom stereocenters. The van der Waals surface area contributed by atoms with E-state index >= 15 is 0 Å². The van der Waals surface area contributed by atoms with Crippen LogP contribution in [0.15, 0.2) is 48.7 Å². The van der Waals surface area contributed by atoms with Crippen LogP contribution in [0, 0.1) is 0 Å². The van der Waals surface area contributed by atoms with Crippen LogP contribution in [-0.4, -0.2) is 46.9 Å². The summed E-state index contributed by atoms with van der Waals surface area (Å²) in [6.07, 6.45) is 2.27. The van der Waals surface area contributed by atoms with Crippen molar-refractivity contribution in [1.82, 2.24) is 14.8 Å². The van der Waals surface area contributed by atoms with Crippen molar-refractivity contribution in [3.05, 3.63) is 59.9 Å². The third-order valence-electron chi connectivity index (χ3n) is 4.17. The summed E-state index contributed by atoms with van der Waals surface area (Å²) in [6.45, 7) is 4.19. The highest BCUT2D eigenvalue weighted by Gasteiger charge is 2.21. The Kier molecular flexibility index (Phi) is 11.3. The molecule has 2 aromatic rings. The van der Waals surface area contributed by atoms with Gasteiger partial charge < -0.3 is 10.6 Å². The van der Waals surface area contributed by atoms with Gasteiger partial charge in [-0.2, -0.15) is 0 Å². The molecule has 1 aromatic heterocycles. The van der Waals surface area contributed by atoms with Gasteiger partial charge in [-0.15, -0.1) is 37.2 Å². The molecule has 0 bridgehead atoms. The first kappa shape index (κ1) is 24.5. The third-order valence-corrected chi connectivity index (χ3v) is 4.17. The molecule has 144 valence electrons. The van der Waals surface area contributed by atoms with Gasteiger partial charge in [0.05, 0.1) is 12.1 Å². The van der Waals surface area contributed by atoms with Gasteiger partial charge >= 0.3 is 0 Å². The van der Waals surface area contributed by atoms with Crippen molar-refractivity contribution in [2.45, 2.75) is 13.0 Å². The van der Waals surface area contributed by atoms with Gasteiger partial charge in [-0.1, -0.05) is 18.2 Å². The van der Waals surface area contributed by atoms with E-state index < -0.39 is 0 Å².